The molecule has 0 bridgehead atoms. The Morgan fingerprint density at radius 3 is 0.920 bits per heavy atom. The maximum Gasteiger partial charge on any atom is 0.472 e. The molecule has 0 radical (unpaired) electrons. The first-order chi connectivity index (χ1) is 48.7. The van der Waals surface area contributed by atoms with Crippen LogP contribution in [0.4, 0.5) is 0 Å². The number of aliphatic hydroxyl groups is 1. The highest BCUT2D eigenvalue weighted by Gasteiger charge is 2.30. The Hall–Kier alpha value is -4.80. The Labute approximate surface area is 605 Å². The van der Waals surface area contributed by atoms with Crippen LogP contribution >= 0.6 is 15.6 Å². The second-order valence-corrected chi connectivity index (χ2v) is 28.1. The van der Waals surface area contributed by atoms with Crippen molar-refractivity contribution in [3.63, 3.8) is 0 Å². The molecule has 0 saturated carbocycles. The third-order valence-corrected chi connectivity index (χ3v) is 17.5. The van der Waals surface area contributed by atoms with Gasteiger partial charge in [0.1, 0.15) is 19.3 Å². The van der Waals surface area contributed by atoms with Gasteiger partial charge in [0.2, 0.25) is 0 Å². The van der Waals surface area contributed by atoms with E-state index < -0.39 is 97.5 Å². The number of carbonyl (C=O) groups is 4. The van der Waals surface area contributed by atoms with Gasteiger partial charge in [-0.2, -0.15) is 0 Å². The number of rotatable bonds is 71. The highest BCUT2D eigenvalue weighted by atomic mass is 31.2. The molecule has 0 rings (SSSR count). The third kappa shape index (κ3) is 71.6. The second-order valence-electron chi connectivity index (χ2n) is 25.2. The number of carbonyl (C=O) groups excluding carboxylic acids is 4. The molecule has 0 aliphatic rings. The molecule has 0 heterocycles. The number of hydrogen-bond acceptors (Lipinski definition) is 15. The monoisotopic (exact) mass is 1440 g/mol. The average molecular weight is 1440 g/mol. The molecule has 0 aromatic rings. The van der Waals surface area contributed by atoms with E-state index in [2.05, 4.69) is 137 Å². The molecule has 0 amide bonds. The van der Waals surface area contributed by atoms with Crippen molar-refractivity contribution in [2.24, 2.45) is 0 Å². The maximum atomic E-state index is 13.1. The average Bonchev–Trinajstić information content (AvgIpc) is 1.01. The predicted molar refractivity (Wildman–Crippen MR) is 408 cm³/mol. The van der Waals surface area contributed by atoms with Gasteiger partial charge in [-0.25, -0.2) is 9.13 Å². The topological polar surface area (TPSA) is 237 Å². The minimum atomic E-state index is -5.00. The smallest absolute Gasteiger partial charge is 0.462 e. The molecule has 17 nitrogen and oxygen atoms in total. The molecule has 3 N–H and O–H groups in total. The van der Waals surface area contributed by atoms with Crippen molar-refractivity contribution >= 4 is 39.5 Å². The van der Waals surface area contributed by atoms with Gasteiger partial charge in [-0.3, -0.25) is 37.3 Å². The Balaban J connectivity index is 5.46. The summed E-state index contributed by atoms with van der Waals surface area (Å²) in [6, 6.07) is 0. The maximum absolute atomic E-state index is 13.1. The van der Waals surface area contributed by atoms with Gasteiger partial charge in [-0.05, 0) is 141 Å². The first-order valence-corrected chi connectivity index (χ1v) is 41.4. The summed E-state index contributed by atoms with van der Waals surface area (Å²) in [6.45, 7) is 4.45. The van der Waals surface area contributed by atoms with E-state index >= 15 is 0 Å². The van der Waals surface area contributed by atoms with E-state index in [-0.39, 0.29) is 25.7 Å². The van der Waals surface area contributed by atoms with Crippen LogP contribution in [0.25, 0.3) is 0 Å². The van der Waals surface area contributed by atoms with Crippen molar-refractivity contribution in [1.29, 1.82) is 0 Å². The molecular weight excluding hydrogens is 1310 g/mol. The van der Waals surface area contributed by atoms with Crippen molar-refractivity contribution in [2.45, 2.75) is 316 Å². The molecule has 5 unspecified atom stereocenters. The van der Waals surface area contributed by atoms with Crippen LogP contribution in [-0.2, 0) is 65.4 Å². The summed E-state index contributed by atoms with van der Waals surface area (Å²) in [5.41, 5.74) is 0. The van der Waals surface area contributed by atoms with Crippen LogP contribution < -0.4 is 0 Å². The molecule has 572 valence electrons. The van der Waals surface area contributed by atoms with Crippen LogP contribution in [0.5, 0.6) is 0 Å². The van der Waals surface area contributed by atoms with Crippen LogP contribution in [-0.4, -0.2) is 96.7 Å². The van der Waals surface area contributed by atoms with Gasteiger partial charge in [0.05, 0.1) is 32.8 Å². The quantitative estimate of drug-likeness (QED) is 0.0169. The van der Waals surface area contributed by atoms with Crippen molar-refractivity contribution in [3.8, 4) is 0 Å². The zero-order valence-corrected chi connectivity index (χ0v) is 64.1. The SMILES string of the molecule is CC/C=C\C/C=C\C/C=C\C/C=C\C/C=C\CC(=O)OCC(COP(=O)(O)OCC(O)COP(=O)(O)OCC(COC(=O)CCCCCCC/C=C\C/C=C\C/C=C\CC)OC(=O)CCCCCCC/C=C\CCCCCCCC)OC(=O)CCCCCCC/C=C\C/C=C\CCCCC. The lowest BCUT2D eigenvalue weighted by molar-refractivity contribution is -0.161. The molecule has 0 aromatic carbocycles. The number of aliphatic hydroxyl groups excluding tert-OH is 1. The lowest BCUT2D eigenvalue weighted by Crippen LogP contribution is -2.30. The Bertz CT molecular complexity index is 2420. The zero-order valence-electron chi connectivity index (χ0n) is 62.3. The lowest BCUT2D eigenvalue weighted by Gasteiger charge is -2.21. The lowest BCUT2D eigenvalue weighted by atomic mass is 10.1. The fourth-order valence-corrected chi connectivity index (χ4v) is 11.4. The molecule has 0 saturated heterocycles. The highest BCUT2D eigenvalue weighted by molar-refractivity contribution is 7.47. The Morgan fingerprint density at radius 2 is 0.560 bits per heavy atom. The van der Waals surface area contributed by atoms with E-state index in [1.807, 2.05) is 18.2 Å². The van der Waals surface area contributed by atoms with Crippen LogP contribution in [0.15, 0.2) is 134 Å². The number of esters is 4. The second kappa shape index (κ2) is 72.5. The number of hydrogen-bond donors (Lipinski definition) is 3. The largest absolute Gasteiger partial charge is 0.472 e. The summed E-state index contributed by atoms with van der Waals surface area (Å²) in [6.07, 6.45) is 80.4. The summed E-state index contributed by atoms with van der Waals surface area (Å²) in [5.74, 6) is -2.37. The first-order valence-electron chi connectivity index (χ1n) is 38.4. The summed E-state index contributed by atoms with van der Waals surface area (Å²) in [5, 5.41) is 10.6. The van der Waals surface area contributed by atoms with Gasteiger partial charge in [0.15, 0.2) is 12.2 Å². The minimum absolute atomic E-state index is 0.0561. The van der Waals surface area contributed by atoms with Gasteiger partial charge in [0, 0.05) is 19.3 Å². The van der Waals surface area contributed by atoms with E-state index in [4.69, 9.17) is 37.0 Å². The van der Waals surface area contributed by atoms with E-state index in [1.54, 1.807) is 6.08 Å². The van der Waals surface area contributed by atoms with Crippen LogP contribution in [0.2, 0.25) is 0 Å². The standard InChI is InChI=1S/C81H136O17P2/c1-5-9-13-17-21-25-29-33-37-41-45-49-53-57-61-65-78(83)91-71-76(97-80(85)67-63-59-55-51-47-43-39-35-31-27-23-19-15-11-7-3)73-95-99(87,88)93-69-75(82)70-94-100(89,90)96-74-77(98-81(86)68-64-60-56-52-48-44-40-36-32-28-24-20-16-12-8-4)72-92-79(84)66-62-58-54-50-46-42-38-34-30-26-22-18-14-10-6-2/h9-10,13-14,21-23,25-27,33-40,45,49,57,61,75-77,82H,5-8,11-12,15-20,24,28-32,41-44,46-48,50-56,58-60,62-74H2,1-4H3,(H,87,88)(H,89,90)/b13-9-,14-10-,25-21-,26-22-,27-23-,37-33-,38-34-,39-35-,40-36-,49-45-,61-57-. The van der Waals surface area contributed by atoms with Gasteiger partial charge in [0.25, 0.3) is 0 Å². The van der Waals surface area contributed by atoms with E-state index in [0.717, 1.165) is 161 Å². The van der Waals surface area contributed by atoms with Crippen molar-refractivity contribution in [1.82, 2.24) is 0 Å². The molecule has 5 atom stereocenters. The molecule has 0 aromatic heterocycles. The number of unbranched alkanes of at least 4 members (excludes halogenated alkanes) is 24. The zero-order chi connectivity index (χ0) is 73.2. The molecule has 100 heavy (non-hydrogen) atoms. The molecular formula is C81H136O17P2. The normalized spacial score (nSPS) is 14.7. The van der Waals surface area contributed by atoms with Crippen LogP contribution in [0.1, 0.15) is 297 Å². The molecule has 0 aliphatic carbocycles. The molecule has 19 heteroatoms. The van der Waals surface area contributed by atoms with Crippen molar-refractivity contribution in [2.75, 3.05) is 39.6 Å². The number of phosphoric acid groups is 2. The van der Waals surface area contributed by atoms with E-state index in [1.165, 1.54) is 57.8 Å². The molecule has 0 aliphatic heterocycles. The fraction of sp³-hybridized carbons (Fsp3) is 0.679. The molecule has 0 fully saturated rings. The fourth-order valence-electron chi connectivity index (χ4n) is 9.80. The molecule has 0 spiro atoms. The first kappa shape index (κ1) is 95.2. The van der Waals surface area contributed by atoms with Crippen molar-refractivity contribution in [3.05, 3.63) is 134 Å². The van der Waals surface area contributed by atoms with Gasteiger partial charge < -0.3 is 33.8 Å². The summed E-state index contributed by atoms with van der Waals surface area (Å²) in [7, 11) is -9.99. The highest BCUT2D eigenvalue weighted by Crippen LogP contribution is 2.45. The van der Waals surface area contributed by atoms with Gasteiger partial charge >= 0.3 is 39.5 Å². The van der Waals surface area contributed by atoms with Gasteiger partial charge in [-0.15, -0.1) is 0 Å². The predicted octanol–water partition coefficient (Wildman–Crippen LogP) is 22.1. The Morgan fingerprint density at radius 1 is 0.300 bits per heavy atom. The van der Waals surface area contributed by atoms with E-state index in [0.29, 0.717) is 25.7 Å². The van der Waals surface area contributed by atoms with E-state index in [9.17, 15) is 43.2 Å². The number of phosphoric ester groups is 2. The Kier molecular flexibility index (Phi) is 69.1. The van der Waals surface area contributed by atoms with Crippen molar-refractivity contribution < 1.29 is 80.2 Å². The summed E-state index contributed by atoms with van der Waals surface area (Å²) >= 11 is 0. The third-order valence-electron chi connectivity index (χ3n) is 15.6. The van der Waals surface area contributed by atoms with Gasteiger partial charge in [-0.1, -0.05) is 264 Å². The summed E-state index contributed by atoms with van der Waals surface area (Å²) in [4.78, 5) is 72.8. The van der Waals surface area contributed by atoms with Crippen LogP contribution in [0, 0.1) is 0 Å². The number of allylic oxidation sites excluding steroid dienone is 21. The number of ether oxygens (including phenoxy) is 4. The summed E-state index contributed by atoms with van der Waals surface area (Å²) < 4.78 is 68.3. The minimum Gasteiger partial charge on any atom is -0.462 e. The van der Waals surface area contributed by atoms with Crippen LogP contribution in [0.3, 0.4) is 0 Å².